The summed E-state index contributed by atoms with van der Waals surface area (Å²) >= 11 is 0. The summed E-state index contributed by atoms with van der Waals surface area (Å²) in [5.41, 5.74) is 22.7. The first-order chi connectivity index (χ1) is 30.0. The third-order valence-electron chi connectivity index (χ3n) is 13.6. The topological polar surface area (TPSA) is 88.4 Å². The van der Waals surface area contributed by atoms with Crippen molar-refractivity contribution in [1.82, 2.24) is 0 Å². The van der Waals surface area contributed by atoms with E-state index in [1.54, 1.807) is 21.3 Å². The molecule has 0 heterocycles. The SMILES string of the molecule is COc1cc(C)c(Cc2cc(C(C)(C)c3cc(Cc4cc(C)c(CO)cc4C)c(CO)c(Cc4cc(C)c(CO)cc4C)c3)cc(Cc3cc(C)c(OC)cc3C)c2OC)cc1C. The van der Waals surface area contributed by atoms with Gasteiger partial charge >= 0.3 is 0 Å². The summed E-state index contributed by atoms with van der Waals surface area (Å²) in [4.78, 5) is 0. The summed E-state index contributed by atoms with van der Waals surface area (Å²) in [5, 5.41) is 31.4. The first-order valence-electron chi connectivity index (χ1n) is 22.1. The van der Waals surface area contributed by atoms with Crippen molar-refractivity contribution >= 4 is 0 Å². The third-order valence-corrected chi connectivity index (χ3v) is 13.6. The van der Waals surface area contributed by atoms with Gasteiger partial charge in [0.05, 0.1) is 41.2 Å². The molecule has 6 nitrogen and oxygen atoms in total. The maximum Gasteiger partial charge on any atom is 0.125 e. The van der Waals surface area contributed by atoms with E-state index < -0.39 is 5.41 Å². The van der Waals surface area contributed by atoms with E-state index in [0.717, 1.165) is 106 Å². The molecule has 0 aliphatic rings. The molecule has 0 atom stereocenters. The summed E-state index contributed by atoms with van der Waals surface area (Å²) in [6.45, 7) is 21.3. The lowest BCUT2D eigenvalue weighted by molar-refractivity contribution is 0.279. The van der Waals surface area contributed by atoms with Gasteiger partial charge in [0.25, 0.3) is 0 Å². The second-order valence-electron chi connectivity index (χ2n) is 18.3. The van der Waals surface area contributed by atoms with Crippen molar-refractivity contribution in [2.24, 2.45) is 0 Å². The number of aliphatic hydroxyl groups excluding tert-OH is 3. The van der Waals surface area contributed by atoms with E-state index >= 15 is 0 Å². The molecule has 63 heavy (non-hydrogen) atoms. The average Bonchev–Trinajstić information content (AvgIpc) is 3.25. The van der Waals surface area contributed by atoms with Crippen molar-refractivity contribution in [3.8, 4) is 17.2 Å². The van der Waals surface area contributed by atoms with Gasteiger partial charge in [0.15, 0.2) is 0 Å². The minimum absolute atomic E-state index is 0.00236. The summed E-state index contributed by atoms with van der Waals surface area (Å²) in [7, 11) is 5.23. The van der Waals surface area contributed by atoms with Gasteiger partial charge in [-0.15, -0.1) is 0 Å². The van der Waals surface area contributed by atoms with Crippen molar-refractivity contribution in [3.05, 3.63) is 190 Å². The van der Waals surface area contributed by atoms with E-state index in [-0.39, 0.29) is 19.8 Å². The van der Waals surface area contributed by atoms with Gasteiger partial charge < -0.3 is 29.5 Å². The highest BCUT2D eigenvalue weighted by Gasteiger charge is 2.29. The van der Waals surface area contributed by atoms with Crippen LogP contribution in [-0.2, 0) is 50.9 Å². The number of benzene rings is 6. The minimum atomic E-state index is -0.486. The second kappa shape index (κ2) is 19.6. The lowest BCUT2D eigenvalue weighted by Crippen LogP contribution is -2.22. The fourth-order valence-electron chi connectivity index (χ4n) is 9.42. The molecular formula is C57H68O6. The number of methoxy groups -OCH3 is 3. The highest BCUT2D eigenvalue weighted by molar-refractivity contribution is 5.57. The Morgan fingerprint density at radius 3 is 0.984 bits per heavy atom. The Bertz CT molecular complexity index is 2300. The molecule has 6 heteroatoms. The highest BCUT2D eigenvalue weighted by Crippen LogP contribution is 2.41. The van der Waals surface area contributed by atoms with Gasteiger partial charge in [0, 0.05) is 18.3 Å². The molecule has 6 rings (SSSR count). The smallest absolute Gasteiger partial charge is 0.125 e. The van der Waals surface area contributed by atoms with E-state index in [9.17, 15) is 15.3 Å². The standard InChI is InChI=1S/C57H68O6/c1-33-16-49(30-58)35(3)14-41(33)22-45-26-51(27-46(53(45)32-60)23-42-15-36(4)50(31-59)17-34(42)2)57(9,10)52-28-47(24-43-18-39(7)54(61-11)20-37(43)5)56(63-13)48(29-52)25-44-19-40(8)55(62-12)21-38(44)6/h14-21,26-29,58-60H,22-25,30-32H2,1-13H3. The van der Waals surface area contributed by atoms with Gasteiger partial charge in [-0.25, -0.2) is 0 Å². The Kier molecular flexibility index (Phi) is 14.6. The number of aliphatic hydroxyl groups is 3. The van der Waals surface area contributed by atoms with Crippen LogP contribution >= 0.6 is 0 Å². The van der Waals surface area contributed by atoms with Gasteiger partial charge in [-0.3, -0.25) is 0 Å². The van der Waals surface area contributed by atoms with Gasteiger partial charge in [-0.05, 0) is 197 Å². The summed E-state index contributed by atoms with van der Waals surface area (Å²) in [5.74, 6) is 2.65. The van der Waals surface area contributed by atoms with Crippen LogP contribution in [0.1, 0.15) is 131 Å². The quantitative estimate of drug-likeness (QED) is 0.0899. The predicted octanol–water partition coefficient (Wildman–Crippen LogP) is 11.3. The molecule has 0 spiro atoms. The van der Waals surface area contributed by atoms with Crippen LogP contribution in [0.15, 0.2) is 72.8 Å². The van der Waals surface area contributed by atoms with Crippen molar-refractivity contribution in [2.75, 3.05) is 21.3 Å². The zero-order valence-electron chi connectivity index (χ0n) is 39.9. The van der Waals surface area contributed by atoms with Crippen LogP contribution in [-0.4, -0.2) is 36.6 Å². The lowest BCUT2D eigenvalue weighted by Gasteiger charge is -2.31. The fourth-order valence-corrected chi connectivity index (χ4v) is 9.42. The van der Waals surface area contributed by atoms with Crippen LogP contribution in [0.4, 0.5) is 0 Å². The van der Waals surface area contributed by atoms with Crippen LogP contribution < -0.4 is 14.2 Å². The van der Waals surface area contributed by atoms with Crippen LogP contribution in [0.5, 0.6) is 17.2 Å². The molecule has 0 saturated heterocycles. The number of hydrogen-bond donors (Lipinski definition) is 3. The molecule has 0 fully saturated rings. The Balaban J connectivity index is 1.59. The van der Waals surface area contributed by atoms with Gasteiger partial charge in [-0.2, -0.15) is 0 Å². The Labute approximate surface area is 376 Å². The molecule has 0 amide bonds. The van der Waals surface area contributed by atoms with Crippen LogP contribution in [0.2, 0.25) is 0 Å². The molecule has 332 valence electrons. The summed E-state index contributed by atoms with van der Waals surface area (Å²) in [6.07, 6.45) is 2.64. The van der Waals surface area contributed by atoms with E-state index in [0.29, 0.717) is 25.7 Å². The third kappa shape index (κ3) is 9.89. The second-order valence-corrected chi connectivity index (χ2v) is 18.3. The average molecular weight is 849 g/mol. The van der Waals surface area contributed by atoms with Gasteiger partial charge in [-0.1, -0.05) is 74.5 Å². The Morgan fingerprint density at radius 2 is 0.651 bits per heavy atom. The highest BCUT2D eigenvalue weighted by atomic mass is 16.5. The van der Waals surface area contributed by atoms with E-state index in [1.165, 1.54) is 27.8 Å². The number of rotatable bonds is 16. The van der Waals surface area contributed by atoms with Crippen LogP contribution in [0, 0.1) is 55.4 Å². The van der Waals surface area contributed by atoms with Crippen molar-refractivity contribution < 1.29 is 29.5 Å². The fraction of sp³-hybridized carbons (Fsp3) is 0.368. The maximum atomic E-state index is 11.2. The van der Waals surface area contributed by atoms with Gasteiger partial charge in [0.1, 0.15) is 17.2 Å². The lowest BCUT2D eigenvalue weighted by atomic mass is 9.74. The molecule has 0 aromatic heterocycles. The molecule has 0 aliphatic heterocycles. The minimum Gasteiger partial charge on any atom is -0.496 e. The predicted molar refractivity (Wildman–Crippen MR) is 257 cm³/mol. The number of ether oxygens (including phenoxy) is 3. The molecule has 0 saturated carbocycles. The molecule has 0 unspecified atom stereocenters. The first kappa shape index (κ1) is 47.1. The van der Waals surface area contributed by atoms with E-state index in [1.807, 2.05) is 0 Å². The zero-order valence-corrected chi connectivity index (χ0v) is 39.9. The summed E-state index contributed by atoms with van der Waals surface area (Å²) in [6, 6.07) is 26.6. The van der Waals surface area contributed by atoms with Crippen molar-refractivity contribution in [1.29, 1.82) is 0 Å². The largest absolute Gasteiger partial charge is 0.496 e. The summed E-state index contributed by atoms with van der Waals surface area (Å²) < 4.78 is 17.8. The molecule has 0 aliphatic carbocycles. The molecule has 0 radical (unpaired) electrons. The van der Waals surface area contributed by atoms with Crippen molar-refractivity contribution in [3.63, 3.8) is 0 Å². The normalized spacial score (nSPS) is 11.6. The van der Waals surface area contributed by atoms with Crippen LogP contribution in [0.3, 0.4) is 0 Å². The Morgan fingerprint density at radius 1 is 0.349 bits per heavy atom. The first-order valence-corrected chi connectivity index (χ1v) is 22.1. The monoisotopic (exact) mass is 849 g/mol. The maximum absolute atomic E-state index is 11.2. The molecule has 6 aromatic carbocycles. The molecule has 3 N–H and O–H groups in total. The zero-order chi connectivity index (χ0) is 45.9. The van der Waals surface area contributed by atoms with E-state index in [2.05, 4.69) is 142 Å². The van der Waals surface area contributed by atoms with Crippen LogP contribution in [0.25, 0.3) is 0 Å². The number of aryl methyl sites for hydroxylation is 8. The Hall–Kier alpha value is -5.40. The number of hydrogen-bond acceptors (Lipinski definition) is 6. The van der Waals surface area contributed by atoms with Gasteiger partial charge in [0.2, 0.25) is 0 Å². The molecular weight excluding hydrogens is 781 g/mol. The van der Waals surface area contributed by atoms with Crippen molar-refractivity contribution in [2.45, 2.75) is 120 Å². The molecule has 6 aromatic rings. The molecule has 0 bridgehead atoms. The van der Waals surface area contributed by atoms with E-state index in [4.69, 9.17) is 14.2 Å².